The van der Waals surface area contributed by atoms with Gasteiger partial charge in [-0.15, -0.1) is 0 Å². The van der Waals surface area contributed by atoms with Crippen LogP contribution in [0.2, 0.25) is 0 Å². The molecule has 7 nitrogen and oxygen atoms in total. The molecule has 0 saturated carbocycles. The van der Waals surface area contributed by atoms with Crippen LogP contribution in [0.1, 0.15) is 53.3 Å². The van der Waals surface area contributed by atoms with Crippen molar-refractivity contribution < 1.29 is 14.3 Å². The molecule has 2 amide bonds. The van der Waals surface area contributed by atoms with E-state index >= 15 is 0 Å². The summed E-state index contributed by atoms with van der Waals surface area (Å²) in [6.07, 6.45) is 5.81. The number of hydrogen-bond acceptors (Lipinski definition) is 4. The third-order valence-electron chi connectivity index (χ3n) is 3.72. The molecule has 0 spiro atoms. The predicted molar refractivity (Wildman–Crippen MR) is 98.1 cm³/mol. The van der Waals surface area contributed by atoms with Crippen molar-refractivity contribution in [2.45, 2.75) is 32.6 Å². The third kappa shape index (κ3) is 6.08. The van der Waals surface area contributed by atoms with Gasteiger partial charge in [-0.25, -0.2) is 0 Å². The highest BCUT2D eigenvalue weighted by Crippen LogP contribution is 2.13. The van der Waals surface area contributed by atoms with Gasteiger partial charge in [0.25, 0.3) is 11.8 Å². The molecule has 0 radical (unpaired) electrons. The van der Waals surface area contributed by atoms with Crippen molar-refractivity contribution in [2.75, 3.05) is 6.61 Å². The van der Waals surface area contributed by atoms with E-state index in [4.69, 9.17) is 4.74 Å². The van der Waals surface area contributed by atoms with Gasteiger partial charge in [-0.1, -0.05) is 26.2 Å². The zero-order valence-corrected chi connectivity index (χ0v) is 14.7. The lowest BCUT2D eigenvalue weighted by molar-refractivity contribution is 0.0846. The van der Waals surface area contributed by atoms with Crippen LogP contribution in [-0.2, 0) is 0 Å². The van der Waals surface area contributed by atoms with Crippen LogP contribution in [0.25, 0.3) is 0 Å². The first-order chi connectivity index (χ1) is 12.6. The summed E-state index contributed by atoms with van der Waals surface area (Å²) in [7, 11) is 0. The van der Waals surface area contributed by atoms with Gasteiger partial charge in [0.15, 0.2) is 0 Å². The number of aromatic nitrogens is 1. The van der Waals surface area contributed by atoms with Crippen molar-refractivity contribution in [1.29, 1.82) is 0 Å². The number of unbranched alkanes of at least 4 members (excludes halogenated alkanes) is 3. The molecule has 0 aliphatic rings. The fourth-order valence-electron chi connectivity index (χ4n) is 2.23. The molecule has 0 aliphatic carbocycles. The van der Waals surface area contributed by atoms with E-state index in [-0.39, 0.29) is 11.1 Å². The number of pyridine rings is 1. The maximum Gasteiger partial charge on any atom is 0.271 e. The lowest BCUT2D eigenvalue weighted by Gasteiger charge is -2.09. The van der Waals surface area contributed by atoms with E-state index in [0.717, 1.165) is 12.8 Å². The fourth-order valence-corrected chi connectivity index (χ4v) is 2.23. The van der Waals surface area contributed by atoms with Crippen LogP contribution in [0.5, 0.6) is 5.75 Å². The number of carbonyl (C=O) groups excluding carboxylic acids is 2. The van der Waals surface area contributed by atoms with Crippen molar-refractivity contribution in [3.8, 4) is 5.75 Å². The summed E-state index contributed by atoms with van der Waals surface area (Å²) in [5, 5.41) is 0. The Morgan fingerprint density at radius 2 is 1.58 bits per heavy atom. The second-order valence-corrected chi connectivity index (χ2v) is 5.78. The van der Waals surface area contributed by atoms with Crippen LogP contribution in [0.4, 0.5) is 0 Å². The van der Waals surface area contributed by atoms with Crippen LogP contribution < -0.4 is 21.1 Å². The number of hydrogen-bond donors (Lipinski definition) is 3. The average molecular weight is 357 g/mol. The Kier molecular flexibility index (Phi) is 7.42. The van der Waals surface area contributed by atoms with Gasteiger partial charge in [-0.2, -0.15) is 0 Å². The van der Waals surface area contributed by atoms with E-state index in [0.29, 0.717) is 17.9 Å². The Bertz CT molecular complexity index is 764. The molecular weight excluding hydrogens is 334 g/mol. The van der Waals surface area contributed by atoms with Gasteiger partial charge in [0.1, 0.15) is 5.75 Å². The summed E-state index contributed by atoms with van der Waals surface area (Å²) in [6.45, 7) is 2.81. The van der Waals surface area contributed by atoms with Crippen molar-refractivity contribution in [3.63, 3.8) is 0 Å². The molecule has 2 rings (SSSR count). The molecule has 1 heterocycles. The van der Waals surface area contributed by atoms with E-state index in [2.05, 4.69) is 22.8 Å². The molecule has 0 saturated heterocycles. The first-order valence-corrected chi connectivity index (χ1v) is 8.62. The fraction of sp³-hybridized carbons (Fsp3) is 0.316. The van der Waals surface area contributed by atoms with Crippen LogP contribution in [0, 0.1) is 0 Å². The molecule has 0 atom stereocenters. The summed E-state index contributed by atoms with van der Waals surface area (Å²) < 4.78 is 5.62. The molecule has 0 unspecified atom stereocenters. The highest BCUT2D eigenvalue weighted by Gasteiger charge is 2.09. The normalized spacial score (nSPS) is 10.2. The number of aromatic amines is 1. The predicted octanol–water partition coefficient (Wildman–Crippen LogP) is 2.41. The van der Waals surface area contributed by atoms with Gasteiger partial charge in [0.2, 0.25) is 5.56 Å². The van der Waals surface area contributed by atoms with Crippen LogP contribution in [0.15, 0.2) is 47.4 Å². The minimum Gasteiger partial charge on any atom is -0.494 e. The number of ether oxygens (including phenoxy) is 1. The standard InChI is InChI=1S/C19H23N3O4/c1-2-3-4-5-12-26-16-9-6-14(7-10-16)18(24)21-22-19(25)15-8-11-17(23)20-13-15/h6-11,13H,2-5,12H2,1H3,(H,20,23)(H,21,24)(H,22,25). The van der Waals surface area contributed by atoms with Crippen molar-refractivity contribution >= 4 is 11.8 Å². The molecule has 0 bridgehead atoms. The van der Waals surface area contributed by atoms with Crippen molar-refractivity contribution in [1.82, 2.24) is 15.8 Å². The van der Waals surface area contributed by atoms with Gasteiger partial charge >= 0.3 is 0 Å². The minimum absolute atomic E-state index is 0.233. The lowest BCUT2D eigenvalue weighted by atomic mass is 10.2. The Hall–Kier alpha value is -3.09. The quantitative estimate of drug-likeness (QED) is 0.499. The Morgan fingerprint density at radius 3 is 2.19 bits per heavy atom. The van der Waals surface area contributed by atoms with Crippen molar-refractivity contribution in [2.24, 2.45) is 0 Å². The summed E-state index contributed by atoms with van der Waals surface area (Å²) in [4.78, 5) is 37.3. The Morgan fingerprint density at radius 1 is 0.923 bits per heavy atom. The molecule has 138 valence electrons. The van der Waals surface area contributed by atoms with E-state index in [1.165, 1.54) is 31.2 Å². The summed E-state index contributed by atoms with van der Waals surface area (Å²) >= 11 is 0. The van der Waals surface area contributed by atoms with Crippen LogP contribution in [-0.4, -0.2) is 23.4 Å². The van der Waals surface area contributed by atoms with Gasteiger partial charge < -0.3 is 9.72 Å². The lowest BCUT2D eigenvalue weighted by Crippen LogP contribution is -2.41. The topological polar surface area (TPSA) is 100 Å². The van der Waals surface area contributed by atoms with E-state index in [1.54, 1.807) is 24.3 Å². The highest BCUT2D eigenvalue weighted by molar-refractivity contribution is 5.98. The molecule has 3 N–H and O–H groups in total. The number of carbonyl (C=O) groups is 2. The van der Waals surface area contributed by atoms with Gasteiger partial charge in [-0.3, -0.25) is 25.2 Å². The van der Waals surface area contributed by atoms with E-state index in [9.17, 15) is 14.4 Å². The van der Waals surface area contributed by atoms with Crippen LogP contribution >= 0.6 is 0 Å². The number of amides is 2. The molecule has 1 aromatic heterocycles. The molecule has 1 aromatic carbocycles. The minimum atomic E-state index is -0.526. The third-order valence-corrected chi connectivity index (χ3v) is 3.72. The molecule has 0 aliphatic heterocycles. The second kappa shape index (κ2) is 10.0. The number of benzene rings is 1. The number of H-pyrrole nitrogens is 1. The van der Waals surface area contributed by atoms with Gasteiger partial charge in [-0.05, 0) is 36.8 Å². The molecular formula is C19H23N3O4. The first kappa shape index (κ1) is 19.2. The monoisotopic (exact) mass is 357 g/mol. The number of rotatable bonds is 8. The zero-order valence-electron chi connectivity index (χ0n) is 14.7. The molecule has 0 fully saturated rings. The number of hydrazine groups is 1. The second-order valence-electron chi connectivity index (χ2n) is 5.78. The maximum atomic E-state index is 12.1. The molecule has 7 heteroatoms. The molecule has 26 heavy (non-hydrogen) atoms. The van der Waals surface area contributed by atoms with E-state index < -0.39 is 11.8 Å². The van der Waals surface area contributed by atoms with Crippen LogP contribution in [0.3, 0.4) is 0 Å². The summed E-state index contributed by atoms with van der Waals surface area (Å²) in [5.41, 5.74) is 4.94. The summed E-state index contributed by atoms with van der Waals surface area (Å²) in [6, 6.07) is 9.30. The Balaban J connectivity index is 1.79. The zero-order chi connectivity index (χ0) is 18.8. The smallest absolute Gasteiger partial charge is 0.271 e. The van der Waals surface area contributed by atoms with E-state index in [1.807, 2.05) is 0 Å². The van der Waals surface area contributed by atoms with Gasteiger partial charge in [0, 0.05) is 17.8 Å². The van der Waals surface area contributed by atoms with Gasteiger partial charge in [0.05, 0.1) is 12.2 Å². The number of nitrogens with one attached hydrogen (secondary N) is 3. The molecule has 2 aromatic rings. The maximum absolute atomic E-state index is 12.1. The first-order valence-electron chi connectivity index (χ1n) is 8.62. The largest absolute Gasteiger partial charge is 0.494 e. The summed E-state index contributed by atoms with van der Waals surface area (Å²) in [5.74, 6) is -0.269. The highest BCUT2D eigenvalue weighted by atomic mass is 16.5. The Labute approximate surface area is 151 Å². The SMILES string of the molecule is CCCCCCOc1ccc(C(=O)NNC(=O)c2ccc(=O)[nH]c2)cc1. The average Bonchev–Trinajstić information content (AvgIpc) is 2.66. The van der Waals surface area contributed by atoms with Crippen molar-refractivity contribution in [3.05, 3.63) is 64.1 Å².